The van der Waals surface area contributed by atoms with Crippen molar-refractivity contribution in [1.82, 2.24) is 0 Å². The number of benzene rings is 2. The van der Waals surface area contributed by atoms with Gasteiger partial charge in [-0.25, -0.2) is 13.6 Å². The topological polar surface area (TPSA) is 46.5 Å². The number of hydrogen-bond acceptors (Lipinski definition) is 2. The van der Waals surface area contributed by atoms with E-state index in [1.54, 1.807) is 12.1 Å². The van der Waals surface area contributed by atoms with Crippen LogP contribution in [0.15, 0.2) is 40.9 Å². The van der Waals surface area contributed by atoms with E-state index in [0.717, 1.165) is 12.1 Å². The van der Waals surface area contributed by atoms with E-state index in [2.05, 4.69) is 15.9 Å². The Bertz CT molecular complexity index is 659. The molecule has 1 N–H and O–H groups in total. The highest BCUT2D eigenvalue weighted by Gasteiger charge is 2.10. The van der Waals surface area contributed by atoms with Gasteiger partial charge in [0.15, 0.2) is 11.6 Å². The first-order chi connectivity index (χ1) is 9.47. The minimum Gasteiger partial charge on any atom is -0.489 e. The van der Waals surface area contributed by atoms with Crippen molar-refractivity contribution in [2.24, 2.45) is 0 Å². The first-order valence-electron chi connectivity index (χ1n) is 5.57. The van der Waals surface area contributed by atoms with Crippen molar-refractivity contribution in [2.75, 3.05) is 0 Å². The lowest BCUT2D eigenvalue weighted by Crippen LogP contribution is -2.01. The maximum Gasteiger partial charge on any atom is 0.336 e. The van der Waals surface area contributed by atoms with Crippen LogP contribution in [0.5, 0.6) is 5.75 Å². The van der Waals surface area contributed by atoms with E-state index in [4.69, 9.17) is 9.84 Å². The zero-order valence-corrected chi connectivity index (χ0v) is 11.7. The van der Waals surface area contributed by atoms with Crippen LogP contribution in [0, 0.1) is 11.6 Å². The number of aromatic carboxylic acids is 1. The van der Waals surface area contributed by atoms with Crippen molar-refractivity contribution in [3.63, 3.8) is 0 Å². The maximum absolute atomic E-state index is 13.0. The molecule has 0 heterocycles. The molecule has 0 aliphatic heterocycles. The Morgan fingerprint density at radius 3 is 2.55 bits per heavy atom. The Morgan fingerprint density at radius 2 is 1.90 bits per heavy atom. The van der Waals surface area contributed by atoms with Gasteiger partial charge in [-0.2, -0.15) is 0 Å². The van der Waals surface area contributed by atoms with Crippen LogP contribution in [0.1, 0.15) is 15.9 Å². The van der Waals surface area contributed by atoms with Crippen LogP contribution < -0.4 is 4.74 Å². The third-order valence-corrected chi connectivity index (χ3v) is 3.25. The van der Waals surface area contributed by atoms with Crippen molar-refractivity contribution in [2.45, 2.75) is 6.61 Å². The summed E-state index contributed by atoms with van der Waals surface area (Å²) in [6, 6.07) is 7.92. The van der Waals surface area contributed by atoms with E-state index in [1.807, 2.05) is 0 Å². The van der Waals surface area contributed by atoms with Gasteiger partial charge in [0.2, 0.25) is 0 Å². The number of ether oxygens (including phenoxy) is 1. The fraction of sp³-hybridized carbons (Fsp3) is 0.0714. The molecular formula is C14H9BrF2O3. The largest absolute Gasteiger partial charge is 0.489 e. The molecular weight excluding hydrogens is 334 g/mol. The zero-order chi connectivity index (χ0) is 14.7. The molecule has 0 aliphatic carbocycles. The number of carbonyl (C=O) groups is 1. The summed E-state index contributed by atoms with van der Waals surface area (Å²) in [6.07, 6.45) is 0. The summed E-state index contributed by atoms with van der Waals surface area (Å²) < 4.78 is 31.6. The van der Waals surface area contributed by atoms with Crippen molar-refractivity contribution < 1.29 is 23.4 Å². The lowest BCUT2D eigenvalue weighted by Gasteiger charge is -2.08. The van der Waals surface area contributed by atoms with Gasteiger partial charge in [-0.15, -0.1) is 0 Å². The van der Waals surface area contributed by atoms with Crippen molar-refractivity contribution in [1.29, 1.82) is 0 Å². The number of halogens is 3. The van der Waals surface area contributed by atoms with Crippen LogP contribution in [-0.4, -0.2) is 11.1 Å². The number of rotatable bonds is 4. The summed E-state index contributed by atoms with van der Waals surface area (Å²) in [5.74, 6) is -2.64. The summed E-state index contributed by atoms with van der Waals surface area (Å²) in [4.78, 5) is 11.0. The monoisotopic (exact) mass is 342 g/mol. The molecule has 6 heteroatoms. The molecule has 0 aromatic heterocycles. The Morgan fingerprint density at radius 1 is 1.15 bits per heavy atom. The van der Waals surface area contributed by atoms with Gasteiger partial charge in [-0.1, -0.05) is 6.07 Å². The van der Waals surface area contributed by atoms with Gasteiger partial charge >= 0.3 is 5.97 Å². The lowest BCUT2D eigenvalue weighted by molar-refractivity contribution is 0.0695. The van der Waals surface area contributed by atoms with E-state index >= 15 is 0 Å². The molecule has 0 fully saturated rings. The smallest absolute Gasteiger partial charge is 0.336 e. The van der Waals surface area contributed by atoms with Gasteiger partial charge in [0, 0.05) is 4.47 Å². The minimum atomic E-state index is -1.09. The molecule has 20 heavy (non-hydrogen) atoms. The van der Waals surface area contributed by atoms with Crippen LogP contribution in [0.25, 0.3) is 0 Å². The second kappa shape index (κ2) is 6.00. The van der Waals surface area contributed by atoms with Crippen molar-refractivity contribution in [3.05, 3.63) is 63.6 Å². The maximum atomic E-state index is 13.0. The molecule has 3 nitrogen and oxygen atoms in total. The fourth-order valence-electron chi connectivity index (χ4n) is 1.55. The number of carboxylic acids is 1. The highest BCUT2D eigenvalue weighted by atomic mass is 79.9. The quantitative estimate of drug-likeness (QED) is 0.913. The second-order valence-corrected chi connectivity index (χ2v) is 4.84. The van der Waals surface area contributed by atoms with Crippen LogP contribution >= 0.6 is 15.9 Å². The molecule has 104 valence electrons. The van der Waals surface area contributed by atoms with Gasteiger partial charge in [-0.05, 0) is 51.8 Å². The average molecular weight is 343 g/mol. The summed E-state index contributed by atoms with van der Waals surface area (Å²) in [7, 11) is 0. The third kappa shape index (κ3) is 3.33. The molecule has 0 bridgehead atoms. The first kappa shape index (κ1) is 14.5. The summed E-state index contributed by atoms with van der Waals surface area (Å²) in [5, 5.41) is 8.97. The molecule has 2 aromatic carbocycles. The molecule has 0 saturated carbocycles. The molecule has 2 rings (SSSR count). The van der Waals surface area contributed by atoms with E-state index in [0.29, 0.717) is 15.8 Å². The van der Waals surface area contributed by atoms with Crippen LogP contribution in [0.2, 0.25) is 0 Å². The van der Waals surface area contributed by atoms with Gasteiger partial charge in [-0.3, -0.25) is 0 Å². The Balaban J connectivity index is 2.12. The predicted octanol–water partition coefficient (Wildman–Crippen LogP) is 4.00. The van der Waals surface area contributed by atoms with Crippen LogP contribution in [0.3, 0.4) is 0 Å². The van der Waals surface area contributed by atoms with E-state index < -0.39 is 17.6 Å². The Labute approximate surface area is 121 Å². The zero-order valence-electron chi connectivity index (χ0n) is 10.1. The number of hydrogen-bond donors (Lipinski definition) is 1. The number of carboxylic acid groups (broad SMARTS) is 1. The summed E-state index contributed by atoms with van der Waals surface area (Å²) in [5.41, 5.74) is 0.511. The molecule has 0 aliphatic rings. The highest BCUT2D eigenvalue weighted by molar-refractivity contribution is 9.10. The standard InChI is InChI=1S/C14H9BrF2O3/c15-11-3-2-9(6-10(11)14(18)19)20-7-8-1-4-12(16)13(17)5-8/h1-6H,7H2,(H,18,19). The van der Waals surface area contributed by atoms with E-state index in [1.165, 1.54) is 12.1 Å². The van der Waals surface area contributed by atoms with Crippen molar-refractivity contribution >= 4 is 21.9 Å². The Hall–Kier alpha value is -1.95. The normalized spacial score (nSPS) is 10.3. The summed E-state index contributed by atoms with van der Waals surface area (Å²) in [6.45, 7) is 0.0118. The van der Waals surface area contributed by atoms with Crippen LogP contribution in [0.4, 0.5) is 8.78 Å². The van der Waals surface area contributed by atoms with Crippen molar-refractivity contribution in [3.8, 4) is 5.75 Å². The van der Waals surface area contributed by atoms with Crippen LogP contribution in [-0.2, 0) is 6.61 Å². The average Bonchev–Trinajstić information content (AvgIpc) is 2.41. The SMILES string of the molecule is O=C(O)c1cc(OCc2ccc(F)c(F)c2)ccc1Br. The third-order valence-electron chi connectivity index (χ3n) is 2.56. The molecule has 0 spiro atoms. The summed E-state index contributed by atoms with van der Waals surface area (Å²) >= 11 is 3.12. The van der Waals surface area contributed by atoms with Gasteiger partial charge in [0.05, 0.1) is 5.56 Å². The molecule has 0 unspecified atom stereocenters. The Kier molecular flexibility index (Phi) is 4.34. The van der Waals surface area contributed by atoms with Gasteiger partial charge in [0.1, 0.15) is 12.4 Å². The van der Waals surface area contributed by atoms with E-state index in [9.17, 15) is 13.6 Å². The minimum absolute atomic E-state index is 0.0118. The molecule has 0 atom stereocenters. The molecule has 2 aromatic rings. The van der Waals surface area contributed by atoms with Gasteiger partial charge < -0.3 is 9.84 Å². The first-order valence-corrected chi connectivity index (χ1v) is 6.36. The van der Waals surface area contributed by atoms with Gasteiger partial charge in [0.25, 0.3) is 0 Å². The second-order valence-electron chi connectivity index (χ2n) is 3.98. The predicted molar refractivity (Wildman–Crippen MR) is 71.8 cm³/mol. The molecule has 0 amide bonds. The fourth-order valence-corrected chi connectivity index (χ4v) is 1.97. The van der Waals surface area contributed by atoms with E-state index in [-0.39, 0.29) is 12.2 Å². The molecule has 0 radical (unpaired) electrons. The molecule has 0 saturated heterocycles. The lowest BCUT2D eigenvalue weighted by atomic mass is 10.2. The highest BCUT2D eigenvalue weighted by Crippen LogP contribution is 2.23.